The van der Waals surface area contributed by atoms with E-state index < -0.39 is 0 Å². The number of hydrogen-bond acceptors (Lipinski definition) is 2. The summed E-state index contributed by atoms with van der Waals surface area (Å²) in [6.45, 7) is 0. The van der Waals surface area contributed by atoms with E-state index in [0.29, 0.717) is 0 Å². The van der Waals surface area contributed by atoms with Crippen LogP contribution in [0.5, 0.6) is 0 Å². The molecule has 2 rings (SSSR count). The molecule has 2 heterocycles. The molecule has 1 nitrogen and oxygen atoms in total. The zero-order valence-corrected chi connectivity index (χ0v) is 9.88. The molecule has 0 amide bonds. The minimum Gasteiger partial charge on any atom is -0.265 e. The summed E-state index contributed by atoms with van der Waals surface area (Å²) in [5.41, 5.74) is 1.33. The van der Waals surface area contributed by atoms with Gasteiger partial charge in [0.15, 0.2) is 0 Å². The third kappa shape index (κ3) is 2.51. The zero-order chi connectivity index (χ0) is 9.10. The van der Waals surface area contributed by atoms with Crippen LogP contribution < -0.4 is 0 Å². The molecule has 0 saturated carbocycles. The van der Waals surface area contributed by atoms with Crippen LogP contribution in [0.15, 0.2) is 36.7 Å². The molecule has 0 spiro atoms. The number of hydrogen-bond donors (Lipinski definition) is 0. The number of aromatic nitrogens is 1. The van der Waals surface area contributed by atoms with Crippen molar-refractivity contribution in [2.75, 3.05) is 0 Å². The van der Waals surface area contributed by atoms with Gasteiger partial charge in [-0.1, -0.05) is 0 Å². The van der Waals surface area contributed by atoms with Gasteiger partial charge < -0.3 is 0 Å². The Bertz CT molecular complexity index is 383. The normalized spacial score (nSPS) is 10.2. The topological polar surface area (TPSA) is 12.9 Å². The number of halogens is 1. The smallest absolute Gasteiger partial charge is 0.0656 e. The van der Waals surface area contributed by atoms with Crippen molar-refractivity contribution in [3.05, 3.63) is 50.0 Å². The fourth-order valence-electron chi connectivity index (χ4n) is 1.15. The molecule has 0 radical (unpaired) electrons. The minimum absolute atomic E-state index is 1.02. The van der Waals surface area contributed by atoms with Gasteiger partial charge in [-0.2, -0.15) is 0 Å². The highest BCUT2D eigenvalue weighted by Gasteiger charge is 1.98. The molecule has 0 aromatic carbocycles. The van der Waals surface area contributed by atoms with Crippen molar-refractivity contribution in [1.29, 1.82) is 0 Å². The Kier molecular flexibility index (Phi) is 2.95. The Morgan fingerprint density at radius 1 is 1.15 bits per heavy atom. The van der Waals surface area contributed by atoms with Gasteiger partial charge in [-0.3, -0.25) is 4.98 Å². The fraction of sp³-hybridized carbons (Fsp3) is 0.100. The standard InChI is InChI=1S/C10H8INS/c11-10-2-1-9(13-10)7-8-3-5-12-6-4-8/h1-6H,7H2. The number of pyridine rings is 1. The van der Waals surface area contributed by atoms with Crippen molar-refractivity contribution >= 4 is 33.9 Å². The summed E-state index contributed by atoms with van der Waals surface area (Å²) in [4.78, 5) is 5.41. The van der Waals surface area contributed by atoms with Gasteiger partial charge in [0.25, 0.3) is 0 Å². The third-order valence-corrected chi connectivity index (χ3v) is 3.65. The number of nitrogens with zero attached hydrogens (tertiary/aromatic N) is 1. The minimum atomic E-state index is 1.02. The summed E-state index contributed by atoms with van der Waals surface area (Å²) in [5.74, 6) is 0. The van der Waals surface area contributed by atoms with Gasteiger partial charge in [-0.15, -0.1) is 11.3 Å². The maximum Gasteiger partial charge on any atom is 0.0656 e. The highest BCUT2D eigenvalue weighted by atomic mass is 127. The van der Waals surface area contributed by atoms with Crippen LogP contribution in [0, 0.1) is 2.88 Å². The first-order valence-electron chi connectivity index (χ1n) is 3.98. The molecular weight excluding hydrogens is 293 g/mol. The van der Waals surface area contributed by atoms with E-state index in [-0.39, 0.29) is 0 Å². The van der Waals surface area contributed by atoms with Crippen LogP contribution in [0.3, 0.4) is 0 Å². The Morgan fingerprint density at radius 2 is 1.92 bits per heavy atom. The molecule has 0 aliphatic carbocycles. The van der Waals surface area contributed by atoms with Crippen LogP contribution in [-0.4, -0.2) is 4.98 Å². The first kappa shape index (κ1) is 9.15. The van der Waals surface area contributed by atoms with Crippen LogP contribution in [0.2, 0.25) is 0 Å². The van der Waals surface area contributed by atoms with E-state index in [4.69, 9.17) is 0 Å². The molecule has 13 heavy (non-hydrogen) atoms. The molecule has 0 bridgehead atoms. The van der Waals surface area contributed by atoms with E-state index in [0.717, 1.165) is 6.42 Å². The lowest BCUT2D eigenvalue weighted by atomic mass is 10.2. The monoisotopic (exact) mass is 301 g/mol. The maximum absolute atomic E-state index is 3.99. The van der Waals surface area contributed by atoms with E-state index >= 15 is 0 Å². The van der Waals surface area contributed by atoms with Gasteiger partial charge in [-0.05, 0) is 52.4 Å². The third-order valence-electron chi connectivity index (χ3n) is 1.76. The van der Waals surface area contributed by atoms with E-state index in [9.17, 15) is 0 Å². The molecule has 0 saturated heterocycles. The summed E-state index contributed by atoms with van der Waals surface area (Å²) in [5, 5.41) is 0. The molecule has 0 fully saturated rings. The first-order chi connectivity index (χ1) is 6.34. The zero-order valence-electron chi connectivity index (χ0n) is 6.90. The summed E-state index contributed by atoms with van der Waals surface area (Å²) in [6, 6.07) is 8.47. The first-order valence-corrected chi connectivity index (χ1v) is 5.87. The Labute approximate surface area is 95.0 Å². The quantitative estimate of drug-likeness (QED) is 0.775. The van der Waals surface area contributed by atoms with E-state index in [1.54, 1.807) is 0 Å². The maximum atomic E-state index is 3.99. The molecule has 2 aromatic heterocycles. The van der Waals surface area contributed by atoms with Crippen molar-refractivity contribution in [1.82, 2.24) is 4.98 Å². The largest absolute Gasteiger partial charge is 0.265 e. The van der Waals surface area contributed by atoms with E-state index in [1.807, 2.05) is 23.7 Å². The number of rotatable bonds is 2. The summed E-state index contributed by atoms with van der Waals surface area (Å²) in [6.07, 6.45) is 4.71. The molecule has 0 aliphatic heterocycles. The van der Waals surface area contributed by atoms with E-state index in [1.165, 1.54) is 13.3 Å². The predicted molar refractivity (Wildman–Crippen MR) is 64.1 cm³/mol. The van der Waals surface area contributed by atoms with Crippen molar-refractivity contribution < 1.29 is 0 Å². The molecule has 0 atom stereocenters. The fourth-order valence-corrected chi connectivity index (χ4v) is 2.94. The summed E-state index contributed by atoms with van der Waals surface area (Å²) in [7, 11) is 0. The van der Waals surface area contributed by atoms with Crippen molar-refractivity contribution in [2.24, 2.45) is 0 Å². The molecular formula is C10H8INS. The molecule has 2 aromatic rings. The van der Waals surface area contributed by atoms with Crippen LogP contribution in [0.25, 0.3) is 0 Å². The van der Waals surface area contributed by atoms with E-state index in [2.05, 4.69) is 51.8 Å². The van der Waals surface area contributed by atoms with Gasteiger partial charge >= 0.3 is 0 Å². The van der Waals surface area contributed by atoms with Crippen molar-refractivity contribution in [2.45, 2.75) is 6.42 Å². The van der Waals surface area contributed by atoms with Crippen LogP contribution in [0.4, 0.5) is 0 Å². The molecule has 0 N–H and O–H groups in total. The lowest BCUT2D eigenvalue weighted by Crippen LogP contribution is -1.83. The average Bonchev–Trinajstić information content (AvgIpc) is 2.53. The Hall–Kier alpha value is -0.420. The second-order valence-electron chi connectivity index (χ2n) is 2.74. The average molecular weight is 301 g/mol. The molecule has 0 aliphatic rings. The molecule has 3 heteroatoms. The molecule has 0 unspecified atom stereocenters. The van der Waals surface area contributed by atoms with Gasteiger partial charge in [0, 0.05) is 23.7 Å². The van der Waals surface area contributed by atoms with Crippen LogP contribution in [0.1, 0.15) is 10.4 Å². The van der Waals surface area contributed by atoms with Crippen molar-refractivity contribution in [3.8, 4) is 0 Å². The van der Waals surface area contributed by atoms with Gasteiger partial charge in [0.2, 0.25) is 0 Å². The van der Waals surface area contributed by atoms with Crippen LogP contribution in [-0.2, 0) is 6.42 Å². The highest BCUT2D eigenvalue weighted by Crippen LogP contribution is 2.20. The van der Waals surface area contributed by atoms with Crippen molar-refractivity contribution in [3.63, 3.8) is 0 Å². The second kappa shape index (κ2) is 4.19. The number of thiophene rings is 1. The molecule has 66 valence electrons. The van der Waals surface area contributed by atoms with Gasteiger partial charge in [-0.25, -0.2) is 0 Å². The SMILES string of the molecule is Ic1ccc(Cc2ccncc2)s1. The Balaban J connectivity index is 2.15. The van der Waals surface area contributed by atoms with Gasteiger partial charge in [0.1, 0.15) is 0 Å². The lowest BCUT2D eigenvalue weighted by molar-refractivity contribution is 1.19. The van der Waals surface area contributed by atoms with Crippen LogP contribution >= 0.6 is 33.9 Å². The second-order valence-corrected chi connectivity index (χ2v) is 5.80. The Morgan fingerprint density at radius 3 is 2.54 bits per heavy atom. The highest BCUT2D eigenvalue weighted by molar-refractivity contribution is 14.1. The predicted octanol–water partition coefficient (Wildman–Crippen LogP) is 3.34. The summed E-state index contributed by atoms with van der Waals surface area (Å²) >= 11 is 4.20. The summed E-state index contributed by atoms with van der Waals surface area (Å²) < 4.78 is 1.35. The lowest BCUT2D eigenvalue weighted by Gasteiger charge is -1.95. The van der Waals surface area contributed by atoms with Gasteiger partial charge in [0.05, 0.1) is 2.88 Å².